The largest absolute Gasteiger partial charge is 0.478 e. The van der Waals surface area contributed by atoms with Crippen LogP contribution in [0.15, 0.2) is 29.4 Å². The van der Waals surface area contributed by atoms with Gasteiger partial charge in [0.1, 0.15) is 0 Å². The number of aromatic carboxylic acids is 1. The van der Waals surface area contributed by atoms with Crippen molar-refractivity contribution in [3.05, 3.63) is 41.2 Å². The highest BCUT2D eigenvalue weighted by atomic mass is 32.2. The molecule has 0 bridgehead atoms. The van der Waals surface area contributed by atoms with Gasteiger partial charge in [-0.15, -0.1) is 10.2 Å². The van der Waals surface area contributed by atoms with Crippen molar-refractivity contribution in [1.82, 2.24) is 14.9 Å². The Kier molecular flexibility index (Phi) is 5.21. The van der Waals surface area contributed by atoms with E-state index >= 15 is 0 Å². The van der Waals surface area contributed by atoms with E-state index in [1.165, 1.54) is 16.4 Å². The molecule has 6 nitrogen and oxygen atoms in total. The van der Waals surface area contributed by atoms with Crippen molar-refractivity contribution in [2.45, 2.75) is 37.1 Å². The van der Waals surface area contributed by atoms with Crippen LogP contribution in [0.5, 0.6) is 0 Å². The van der Waals surface area contributed by atoms with Crippen molar-refractivity contribution >= 4 is 17.7 Å². The summed E-state index contributed by atoms with van der Waals surface area (Å²) < 4.78 is 1.53. The minimum absolute atomic E-state index is 0.285. The molecule has 3 N–H and O–H groups in total. The van der Waals surface area contributed by atoms with Crippen LogP contribution in [0.3, 0.4) is 0 Å². The molecule has 0 aliphatic heterocycles. The summed E-state index contributed by atoms with van der Waals surface area (Å²) >= 11 is 1.49. The summed E-state index contributed by atoms with van der Waals surface area (Å²) in [6.07, 6.45) is 2.95. The average molecular weight is 306 g/mol. The Morgan fingerprint density at radius 3 is 2.67 bits per heavy atom. The number of aromatic nitrogens is 3. The van der Waals surface area contributed by atoms with Crippen molar-refractivity contribution in [3.63, 3.8) is 0 Å². The van der Waals surface area contributed by atoms with Gasteiger partial charge >= 0.3 is 5.97 Å². The van der Waals surface area contributed by atoms with Crippen LogP contribution >= 0.6 is 11.8 Å². The standard InChI is InChI=1S/C14H18N4O2S/c1-2-3-4-12-16-17-14(18(12)15)21-9-10-5-7-11(8-6-10)13(19)20/h5-8H,2-4,9,15H2,1H3,(H,19,20). The molecule has 0 saturated carbocycles. The number of carbonyl (C=O) groups is 1. The number of nitrogens with zero attached hydrogens (tertiary/aromatic N) is 3. The third kappa shape index (κ3) is 3.98. The minimum atomic E-state index is -0.920. The van der Waals surface area contributed by atoms with Gasteiger partial charge in [-0.25, -0.2) is 9.47 Å². The zero-order chi connectivity index (χ0) is 15.2. The number of aryl methyl sites for hydroxylation is 1. The van der Waals surface area contributed by atoms with Gasteiger partial charge in [0.15, 0.2) is 5.82 Å². The third-order valence-corrected chi connectivity index (χ3v) is 4.07. The van der Waals surface area contributed by atoms with Gasteiger partial charge in [0, 0.05) is 12.2 Å². The maximum atomic E-state index is 10.8. The van der Waals surface area contributed by atoms with E-state index in [0.717, 1.165) is 30.7 Å². The Balaban J connectivity index is 1.96. The van der Waals surface area contributed by atoms with Crippen molar-refractivity contribution < 1.29 is 9.90 Å². The number of rotatable bonds is 7. The van der Waals surface area contributed by atoms with Gasteiger partial charge in [-0.2, -0.15) is 0 Å². The molecule has 1 aromatic carbocycles. The topological polar surface area (TPSA) is 94.0 Å². The van der Waals surface area contributed by atoms with Crippen molar-refractivity contribution in [3.8, 4) is 0 Å². The molecule has 0 unspecified atom stereocenters. The second-order valence-corrected chi connectivity index (χ2v) is 5.61. The molecule has 1 heterocycles. The lowest BCUT2D eigenvalue weighted by atomic mass is 10.1. The smallest absolute Gasteiger partial charge is 0.335 e. The first kappa shape index (κ1) is 15.4. The summed E-state index contributed by atoms with van der Waals surface area (Å²) in [6, 6.07) is 6.79. The second kappa shape index (κ2) is 7.12. The molecule has 112 valence electrons. The quantitative estimate of drug-likeness (QED) is 0.602. The number of hydrogen-bond acceptors (Lipinski definition) is 5. The lowest BCUT2D eigenvalue weighted by Crippen LogP contribution is -2.14. The van der Waals surface area contributed by atoms with Gasteiger partial charge in [0.2, 0.25) is 5.16 Å². The summed E-state index contributed by atoms with van der Waals surface area (Å²) in [5, 5.41) is 17.7. The highest BCUT2D eigenvalue weighted by Crippen LogP contribution is 2.21. The molecule has 1 aromatic heterocycles. The highest BCUT2D eigenvalue weighted by molar-refractivity contribution is 7.98. The Morgan fingerprint density at radius 1 is 1.33 bits per heavy atom. The number of nitrogens with two attached hydrogens (primary N) is 1. The van der Waals surface area contributed by atoms with Gasteiger partial charge in [0.25, 0.3) is 0 Å². The molecule has 0 fully saturated rings. The first-order valence-electron chi connectivity index (χ1n) is 6.76. The van der Waals surface area contributed by atoms with Crippen LogP contribution in [0.2, 0.25) is 0 Å². The predicted octanol–water partition coefficient (Wildman–Crippen LogP) is 2.32. The highest BCUT2D eigenvalue weighted by Gasteiger charge is 2.10. The Bertz CT molecular complexity index is 610. The van der Waals surface area contributed by atoms with Gasteiger partial charge in [-0.05, 0) is 24.1 Å². The van der Waals surface area contributed by atoms with Crippen molar-refractivity contribution in [2.24, 2.45) is 0 Å². The molecule has 2 aromatic rings. The fourth-order valence-electron chi connectivity index (χ4n) is 1.80. The molecular formula is C14H18N4O2S. The SMILES string of the molecule is CCCCc1nnc(SCc2ccc(C(=O)O)cc2)n1N. The number of benzene rings is 1. The third-order valence-electron chi connectivity index (χ3n) is 3.06. The van der Waals surface area contributed by atoms with Crippen LogP contribution in [0, 0.1) is 0 Å². The molecule has 0 radical (unpaired) electrons. The lowest BCUT2D eigenvalue weighted by molar-refractivity contribution is 0.0697. The number of thioether (sulfide) groups is 1. The van der Waals surface area contributed by atoms with Crippen LogP contribution in [0.1, 0.15) is 41.5 Å². The summed E-state index contributed by atoms with van der Waals surface area (Å²) in [4.78, 5) is 10.8. The van der Waals surface area contributed by atoms with Crippen molar-refractivity contribution in [1.29, 1.82) is 0 Å². The van der Waals surface area contributed by atoms with Gasteiger partial charge in [-0.1, -0.05) is 37.2 Å². The van der Waals surface area contributed by atoms with Crippen LogP contribution in [0.25, 0.3) is 0 Å². The van der Waals surface area contributed by atoms with E-state index in [2.05, 4.69) is 17.1 Å². The number of unbranched alkanes of at least 4 members (excludes halogenated alkanes) is 1. The number of carboxylic acid groups (broad SMARTS) is 1. The molecule has 2 rings (SSSR count). The fourth-order valence-corrected chi connectivity index (χ4v) is 2.63. The van der Waals surface area contributed by atoms with E-state index < -0.39 is 5.97 Å². The summed E-state index contributed by atoms with van der Waals surface area (Å²) in [5.41, 5.74) is 1.30. The maximum absolute atomic E-state index is 10.8. The monoisotopic (exact) mass is 306 g/mol. The molecule has 0 saturated heterocycles. The number of hydrogen-bond donors (Lipinski definition) is 2. The molecule has 0 aliphatic rings. The number of carboxylic acids is 1. The zero-order valence-electron chi connectivity index (χ0n) is 11.8. The van der Waals surface area contributed by atoms with E-state index in [1.54, 1.807) is 24.3 Å². The maximum Gasteiger partial charge on any atom is 0.335 e. The molecular weight excluding hydrogens is 288 g/mol. The molecule has 0 atom stereocenters. The van der Waals surface area contributed by atoms with E-state index in [9.17, 15) is 4.79 Å². The van der Waals surface area contributed by atoms with E-state index in [0.29, 0.717) is 10.9 Å². The van der Waals surface area contributed by atoms with Gasteiger partial charge in [-0.3, -0.25) is 0 Å². The average Bonchev–Trinajstić information content (AvgIpc) is 2.84. The molecule has 0 aliphatic carbocycles. The zero-order valence-corrected chi connectivity index (χ0v) is 12.6. The molecule has 21 heavy (non-hydrogen) atoms. The summed E-state index contributed by atoms with van der Waals surface area (Å²) in [6.45, 7) is 2.12. The number of nitrogen functional groups attached to an aromatic ring is 1. The normalized spacial score (nSPS) is 10.7. The Labute approximate surface area is 127 Å². The summed E-state index contributed by atoms with van der Waals surface area (Å²) in [7, 11) is 0. The first-order valence-corrected chi connectivity index (χ1v) is 7.74. The van der Waals surface area contributed by atoms with E-state index in [-0.39, 0.29) is 5.56 Å². The van der Waals surface area contributed by atoms with Crippen molar-refractivity contribution in [2.75, 3.05) is 5.84 Å². The lowest BCUT2D eigenvalue weighted by Gasteiger charge is -2.04. The van der Waals surface area contributed by atoms with Crippen LogP contribution < -0.4 is 5.84 Å². The first-order chi connectivity index (χ1) is 10.1. The van der Waals surface area contributed by atoms with E-state index in [1.807, 2.05) is 0 Å². The Morgan fingerprint density at radius 2 is 2.05 bits per heavy atom. The molecule has 7 heteroatoms. The van der Waals surface area contributed by atoms with Crippen LogP contribution in [-0.2, 0) is 12.2 Å². The molecule has 0 spiro atoms. The predicted molar refractivity (Wildman–Crippen MR) is 81.7 cm³/mol. The Hall–Kier alpha value is -2.02. The fraction of sp³-hybridized carbons (Fsp3) is 0.357. The van der Waals surface area contributed by atoms with E-state index in [4.69, 9.17) is 10.9 Å². The van der Waals surface area contributed by atoms with Crippen LogP contribution in [0.4, 0.5) is 0 Å². The van der Waals surface area contributed by atoms with Gasteiger partial charge in [0.05, 0.1) is 5.56 Å². The van der Waals surface area contributed by atoms with Gasteiger partial charge < -0.3 is 10.9 Å². The minimum Gasteiger partial charge on any atom is -0.478 e. The summed E-state index contributed by atoms with van der Waals surface area (Å²) in [5.74, 6) is 6.51. The second-order valence-electron chi connectivity index (χ2n) is 4.66. The molecule has 0 amide bonds. The van der Waals surface area contributed by atoms with Crippen LogP contribution in [-0.4, -0.2) is 25.9 Å².